The molecular weight excluding hydrogens is 458 g/mol. The number of nitrogens with zero attached hydrogens (tertiary/aromatic N) is 4. The SMILES string of the molecule is CN(C)c1ccc(N2C(=N/C=C(\C#N)C(=O)Nc3ccccc3)S[C@H]3CS(=O)(=O)C[C@@H]32)cc1. The van der Waals surface area contributed by atoms with Gasteiger partial charge in [0.25, 0.3) is 5.91 Å². The van der Waals surface area contributed by atoms with Crippen molar-refractivity contribution in [2.24, 2.45) is 4.99 Å². The highest BCUT2D eigenvalue weighted by atomic mass is 32.2. The van der Waals surface area contributed by atoms with Crippen molar-refractivity contribution in [3.05, 3.63) is 66.4 Å². The first kappa shape index (κ1) is 22.9. The van der Waals surface area contributed by atoms with Crippen LogP contribution >= 0.6 is 11.8 Å². The molecule has 0 saturated carbocycles. The van der Waals surface area contributed by atoms with E-state index >= 15 is 0 Å². The summed E-state index contributed by atoms with van der Waals surface area (Å²) in [6, 6.07) is 18.3. The number of aliphatic imine (C=N–C) groups is 1. The van der Waals surface area contributed by atoms with E-state index in [2.05, 4.69) is 10.3 Å². The van der Waals surface area contributed by atoms with Crippen LogP contribution < -0.4 is 15.1 Å². The van der Waals surface area contributed by atoms with Crippen molar-refractivity contribution in [3.63, 3.8) is 0 Å². The monoisotopic (exact) mass is 481 g/mol. The van der Waals surface area contributed by atoms with E-state index in [4.69, 9.17) is 0 Å². The van der Waals surface area contributed by atoms with Crippen LogP contribution in [0.25, 0.3) is 0 Å². The van der Waals surface area contributed by atoms with E-state index in [1.807, 2.05) is 60.3 Å². The summed E-state index contributed by atoms with van der Waals surface area (Å²) in [5.41, 5.74) is 2.27. The maximum Gasteiger partial charge on any atom is 0.267 e. The molecule has 0 aromatic heterocycles. The average molecular weight is 482 g/mol. The van der Waals surface area contributed by atoms with E-state index in [9.17, 15) is 18.5 Å². The molecule has 0 bridgehead atoms. The van der Waals surface area contributed by atoms with Gasteiger partial charge in [0.2, 0.25) is 0 Å². The minimum atomic E-state index is -3.13. The Morgan fingerprint density at radius 2 is 1.88 bits per heavy atom. The van der Waals surface area contributed by atoms with Gasteiger partial charge in [0.15, 0.2) is 15.0 Å². The first-order valence-electron chi connectivity index (χ1n) is 10.3. The number of hydrogen-bond donors (Lipinski definition) is 1. The van der Waals surface area contributed by atoms with Gasteiger partial charge in [0.1, 0.15) is 11.6 Å². The summed E-state index contributed by atoms with van der Waals surface area (Å²) in [4.78, 5) is 20.8. The lowest BCUT2D eigenvalue weighted by molar-refractivity contribution is -0.112. The van der Waals surface area contributed by atoms with Gasteiger partial charge < -0.3 is 15.1 Å². The zero-order valence-corrected chi connectivity index (χ0v) is 19.8. The molecule has 8 nitrogen and oxygen atoms in total. The second kappa shape index (κ2) is 9.29. The molecule has 0 spiro atoms. The molecule has 0 aliphatic carbocycles. The lowest BCUT2D eigenvalue weighted by Gasteiger charge is -2.25. The number of anilines is 3. The molecule has 1 amide bonds. The number of thioether (sulfide) groups is 1. The molecule has 2 aromatic rings. The number of amidine groups is 1. The normalized spacial score (nSPS) is 22.6. The fourth-order valence-electron chi connectivity index (χ4n) is 3.77. The van der Waals surface area contributed by atoms with Crippen LogP contribution in [0.3, 0.4) is 0 Å². The molecular formula is C23H23N5O3S2. The smallest absolute Gasteiger partial charge is 0.267 e. The van der Waals surface area contributed by atoms with Gasteiger partial charge in [0, 0.05) is 36.4 Å². The molecule has 4 rings (SSSR count). The quantitative estimate of drug-likeness (QED) is 0.517. The predicted molar refractivity (Wildman–Crippen MR) is 133 cm³/mol. The van der Waals surface area contributed by atoms with Gasteiger partial charge in [-0.05, 0) is 36.4 Å². The van der Waals surface area contributed by atoms with E-state index in [1.165, 1.54) is 18.0 Å². The maximum atomic E-state index is 12.5. The Hall–Kier alpha value is -3.29. The number of benzene rings is 2. The number of sulfone groups is 1. The number of carbonyl (C=O) groups excluding carboxylic acids is 1. The average Bonchev–Trinajstić information content (AvgIpc) is 3.25. The number of carbonyl (C=O) groups is 1. The first-order chi connectivity index (χ1) is 15.8. The number of fused-ring (bicyclic) bond motifs is 1. The molecule has 2 aliphatic heterocycles. The van der Waals surface area contributed by atoms with Crippen LogP contribution in [0.5, 0.6) is 0 Å². The minimum absolute atomic E-state index is 0.0441. The third-order valence-electron chi connectivity index (χ3n) is 5.41. The van der Waals surface area contributed by atoms with Crippen LogP contribution in [0.2, 0.25) is 0 Å². The molecule has 2 aliphatic rings. The fourth-order valence-corrected chi connectivity index (χ4v) is 7.66. The number of para-hydroxylation sites is 1. The molecule has 2 aromatic carbocycles. The van der Waals surface area contributed by atoms with Crippen LogP contribution in [-0.4, -0.2) is 56.4 Å². The van der Waals surface area contributed by atoms with Gasteiger partial charge in [-0.25, -0.2) is 13.4 Å². The lowest BCUT2D eigenvalue weighted by Crippen LogP contribution is -2.37. The van der Waals surface area contributed by atoms with E-state index in [0.717, 1.165) is 11.4 Å². The van der Waals surface area contributed by atoms with Crippen molar-refractivity contribution >= 4 is 49.7 Å². The zero-order chi connectivity index (χ0) is 23.6. The molecule has 1 N–H and O–H groups in total. The summed E-state index contributed by atoms with van der Waals surface area (Å²) in [6.07, 6.45) is 1.25. The highest BCUT2D eigenvalue weighted by Crippen LogP contribution is 2.41. The largest absolute Gasteiger partial charge is 0.378 e. The summed E-state index contributed by atoms with van der Waals surface area (Å²) in [7, 11) is 0.760. The maximum absolute atomic E-state index is 12.5. The van der Waals surface area contributed by atoms with Crippen molar-refractivity contribution in [3.8, 4) is 6.07 Å². The van der Waals surface area contributed by atoms with E-state index < -0.39 is 15.7 Å². The van der Waals surface area contributed by atoms with E-state index in [1.54, 1.807) is 24.3 Å². The van der Waals surface area contributed by atoms with E-state index in [0.29, 0.717) is 10.9 Å². The van der Waals surface area contributed by atoms with Crippen LogP contribution in [0.1, 0.15) is 0 Å². The van der Waals surface area contributed by atoms with Gasteiger partial charge in [-0.3, -0.25) is 4.79 Å². The van der Waals surface area contributed by atoms with Gasteiger partial charge in [-0.15, -0.1) is 0 Å². The summed E-state index contributed by atoms with van der Waals surface area (Å²) in [5, 5.41) is 12.6. The Labute approximate surface area is 197 Å². The highest BCUT2D eigenvalue weighted by molar-refractivity contribution is 8.16. The lowest BCUT2D eigenvalue weighted by atomic mass is 10.2. The standard InChI is InChI=1S/C23H23N5O3S2/c1-27(2)18-8-10-19(11-9-18)28-20-14-33(30,31)15-21(20)32-23(28)25-13-16(12-24)22(29)26-17-6-4-3-5-7-17/h3-11,13,20-21H,14-15H2,1-2H3,(H,26,29)/b16-13+,25-23?/t20-,21-/m0/s1. The second-order valence-electron chi connectivity index (χ2n) is 7.97. The first-order valence-corrected chi connectivity index (χ1v) is 13.0. The fraction of sp³-hybridized carbons (Fsp3) is 0.261. The van der Waals surface area contributed by atoms with Gasteiger partial charge in [-0.1, -0.05) is 30.0 Å². The molecule has 0 radical (unpaired) electrons. The summed E-state index contributed by atoms with van der Waals surface area (Å²) in [6.45, 7) is 0. The number of nitrogens with one attached hydrogen (secondary N) is 1. The van der Waals surface area contributed by atoms with Crippen molar-refractivity contribution < 1.29 is 13.2 Å². The molecule has 33 heavy (non-hydrogen) atoms. The highest BCUT2D eigenvalue weighted by Gasteiger charge is 2.49. The van der Waals surface area contributed by atoms with Gasteiger partial charge in [-0.2, -0.15) is 5.26 Å². The topological polar surface area (TPSA) is 106 Å². The molecule has 170 valence electrons. The Kier molecular flexibility index (Phi) is 6.44. The number of nitriles is 1. The van der Waals surface area contributed by atoms with E-state index in [-0.39, 0.29) is 28.4 Å². The number of hydrogen-bond acceptors (Lipinski definition) is 7. The van der Waals surface area contributed by atoms with Crippen molar-refractivity contribution in [1.29, 1.82) is 5.26 Å². The Balaban J connectivity index is 1.64. The van der Waals surface area contributed by atoms with Crippen molar-refractivity contribution in [2.75, 3.05) is 40.7 Å². The molecule has 10 heteroatoms. The Bertz CT molecular complexity index is 1250. The van der Waals surface area contributed by atoms with Crippen LogP contribution in [0, 0.1) is 11.3 Å². The van der Waals surface area contributed by atoms with Crippen LogP contribution in [0.4, 0.5) is 17.1 Å². The second-order valence-corrected chi connectivity index (χ2v) is 11.3. The molecule has 2 atom stereocenters. The predicted octanol–water partition coefficient (Wildman–Crippen LogP) is 2.87. The van der Waals surface area contributed by atoms with Gasteiger partial charge >= 0.3 is 0 Å². The minimum Gasteiger partial charge on any atom is -0.378 e. The summed E-state index contributed by atoms with van der Waals surface area (Å²) in [5.74, 6) is -0.431. The van der Waals surface area contributed by atoms with Gasteiger partial charge in [0.05, 0.1) is 23.7 Å². The molecule has 0 unspecified atom stereocenters. The molecule has 2 saturated heterocycles. The third kappa shape index (κ3) is 5.05. The zero-order valence-electron chi connectivity index (χ0n) is 18.2. The third-order valence-corrected chi connectivity index (χ3v) is 8.64. The summed E-state index contributed by atoms with van der Waals surface area (Å²) < 4.78 is 24.5. The molecule has 2 fully saturated rings. The van der Waals surface area contributed by atoms with Crippen molar-refractivity contribution in [2.45, 2.75) is 11.3 Å². The van der Waals surface area contributed by atoms with Crippen molar-refractivity contribution in [1.82, 2.24) is 0 Å². The summed E-state index contributed by atoms with van der Waals surface area (Å²) >= 11 is 1.37. The Morgan fingerprint density at radius 1 is 1.18 bits per heavy atom. The number of rotatable bonds is 5. The number of amides is 1. The Morgan fingerprint density at radius 3 is 2.52 bits per heavy atom. The molecule has 2 heterocycles. The van der Waals surface area contributed by atoms with Crippen LogP contribution in [-0.2, 0) is 14.6 Å². The van der Waals surface area contributed by atoms with Crippen LogP contribution in [0.15, 0.2) is 71.4 Å².